The quantitative estimate of drug-likeness (QED) is 0.721. The summed E-state index contributed by atoms with van der Waals surface area (Å²) in [6.07, 6.45) is 1.90. The molecule has 5 nitrogen and oxygen atoms in total. The summed E-state index contributed by atoms with van der Waals surface area (Å²) in [7, 11) is 1.63. The van der Waals surface area contributed by atoms with Gasteiger partial charge in [-0.3, -0.25) is 9.59 Å². The van der Waals surface area contributed by atoms with Crippen LogP contribution in [-0.4, -0.2) is 43.1 Å². The highest BCUT2D eigenvalue weighted by molar-refractivity contribution is 5.96. The van der Waals surface area contributed by atoms with Crippen LogP contribution in [0.4, 0.5) is 0 Å². The molecule has 2 rings (SSSR count). The van der Waals surface area contributed by atoms with Crippen molar-refractivity contribution in [1.82, 2.24) is 4.90 Å². The summed E-state index contributed by atoms with van der Waals surface area (Å²) in [5.74, 6) is -0.469. The average Bonchev–Trinajstić information content (AvgIpc) is 3.30. The molecule has 1 aromatic rings. The first-order chi connectivity index (χ1) is 10.2. The fraction of sp³-hybridized carbons (Fsp3) is 0.500. The van der Waals surface area contributed by atoms with Gasteiger partial charge in [0, 0.05) is 18.7 Å². The molecule has 0 unspecified atom stereocenters. The molecule has 0 saturated heterocycles. The van der Waals surface area contributed by atoms with E-state index in [9.17, 15) is 9.59 Å². The Balaban J connectivity index is 2.05. The van der Waals surface area contributed by atoms with Crippen LogP contribution in [-0.2, 0) is 20.9 Å². The normalized spacial score (nSPS) is 13.8. The average molecular weight is 291 g/mol. The first kappa shape index (κ1) is 15.5. The third-order valence-corrected chi connectivity index (χ3v) is 3.37. The van der Waals surface area contributed by atoms with Crippen LogP contribution in [0.25, 0.3) is 0 Å². The van der Waals surface area contributed by atoms with Gasteiger partial charge in [0.1, 0.15) is 6.54 Å². The van der Waals surface area contributed by atoms with Crippen molar-refractivity contribution in [2.45, 2.75) is 32.4 Å². The van der Waals surface area contributed by atoms with Gasteiger partial charge in [0.2, 0.25) is 0 Å². The summed E-state index contributed by atoms with van der Waals surface area (Å²) in [5.41, 5.74) is 1.60. The standard InChI is InChI=1S/C16H21NO4/c1-3-21-15(18)10-17(14-8-9-14)16(19)13-6-4-12(5-7-13)11-20-2/h4-7,14H,3,8-11H2,1-2H3. The second-order valence-electron chi connectivity index (χ2n) is 5.10. The minimum atomic E-state index is -0.353. The number of nitrogens with zero attached hydrogens (tertiary/aromatic N) is 1. The maximum absolute atomic E-state index is 12.5. The molecule has 1 aliphatic carbocycles. The molecule has 1 amide bonds. The number of hydrogen-bond donors (Lipinski definition) is 0. The van der Waals surface area contributed by atoms with Gasteiger partial charge in [-0.15, -0.1) is 0 Å². The van der Waals surface area contributed by atoms with Gasteiger partial charge in [-0.05, 0) is 37.5 Å². The molecule has 0 spiro atoms. The number of carbonyl (C=O) groups is 2. The molecular weight excluding hydrogens is 270 g/mol. The van der Waals surface area contributed by atoms with Crippen LogP contribution in [0, 0.1) is 0 Å². The van der Waals surface area contributed by atoms with E-state index in [4.69, 9.17) is 9.47 Å². The number of amides is 1. The number of rotatable bonds is 7. The maximum atomic E-state index is 12.5. The molecule has 0 aromatic heterocycles. The summed E-state index contributed by atoms with van der Waals surface area (Å²) in [6, 6.07) is 7.45. The molecule has 0 atom stereocenters. The number of esters is 1. The zero-order valence-corrected chi connectivity index (χ0v) is 12.5. The highest BCUT2D eigenvalue weighted by atomic mass is 16.5. The maximum Gasteiger partial charge on any atom is 0.325 e. The summed E-state index contributed by atoms with van der Waals surface area (Å²) < 4.78 is 9.98. The van der Waals surface area contributed by atoms with Gasteiger partial charge in [-0.1, -0.05) is 12.1 Å². The van der Waals surface area contributed by atoms with E-state index in [1.165, 1.54) is 0 Å². The molecule has 1 saturated carbocycles. The van der Waals surface area contributed by atoms with E-state index in [1.807, 2.05) is 12.1 Å². The molecule has 0 aliphatic heterocycles. The lowest BCUT2D eigenvalue weighted by molar-refractivity contribution is -0.144. The van der Waals surface area contributed by atoms with Crippen LogP contribution in [0.3, 0.4) is 0 Å². The molecule has 0 radical (unpaired) electrons. The lowest BCUT2D eigenvalue weighted by Gasteiger charge is -2.21. The van der Waals surface area contributed by atoms with Crippen molar-refractivity contribution in [3.05, 3.63) is 35.4 Å². The molecule has 5 heteroatoms. The summed E-state index contributed by atoms with van der Waals surface area (Å²) >= 11 is 0. The lowest BCUT2D eigenvalue weighted by atomic mass is 10.1. The fourth-order valence-electron chi connectivity index (χ4n) is 2.17. The predicted octanol–water partition coefficient (Wildman–Crippen LogP) is 2.00. The Morgan fingerprint density at radius 1 is 1.24 bits per heavy atom. The highest BCUT2D eigenvalue weighted by Crippen LogP contribution is 2.28. The van der Waals surface area contributed by atoms with Gasteiger partial charge >= 0.3 is 5.97 Å². The lowest BCUT2D eigenvalue weighted by Crippen LogP contribution is -2.38. The van der Waals surface area contributed by atoms with Crippen molar-refractivity contribution in [1.29, 1.82) is 0 Å². The number of hydrogen-bond acceptors (Lipinski definition) is 4. The smallest absolute Gasteiger partial charge is 0.325 e. The van der Waals surface area contributed by atoms with Crippen molar-refractivity contribution in [2.24, 2.45) is 0 Å². The number of benzene rings is 1. The Labute approximate surface area is 124 Å². The molecule has 0 bridgehead atoms. The van der Waals surface area contributed by atoms with Gasteiger partial charge in [-0.25, -0.2) is 0 Å². The topological polar surface area (TPSA) is 55.8 Å². The minimum absolute atomic E-state index is 0.0250. The molecule has 1 aliphatic rings. The van der Waals surface area contributed by atoms with E-state index in [1.54, 1.807) is 31.1 Å². The van der Waals surface area contributed by atoms with E-state index in [0.717, 1.165) is 18.4 Å². The second kappa shape index (κ2) is 7.22. The Kier molecular flexibility index (Phi) is 5.33. The first-order valence-electron chi connectivity index (χ1n) is 7.20. The van der Waals surface area contributed by atoms with Crippen LogP contribution in [0.5, 0.6) is 0 Å². The minimum Gasteiger partial charge on any atom is -0.465 e. The Bertz CT molecular complexity index is 494. The van der Waals surface area contributed by atoms with E-state index in [-0.39, 0.29) is 24.5 Å². The zero-order valence-electron chi connectivity index (χ0n) is 12.5. The van der Waals surface area contributed by atoms with Gasteiger partial charge < -0.3 is 14.4 Å². The second-order valence-corrected chi connectivity index (χ2v) is 5.10. The van der Waals surface area contributed by atoms with Gasteiger partial charge in [0.25, 0.3) is 5.91 Å². The summed E-state index contributed by atoms with van der Waals surface area (Å²) in [5, 5.41) is 0. The third kappa shape index (κ3) is 4.29. The van der Waals surface area contributed by atoms with Crippen molar-refractivity contribution in [2.75, 3.05) is 20.3 Å². The molecular formula is C16H21NO4. The number of carbonyl (C=O) groups excluding carboxylic acids is 2. The molecule has 1 aromatic carbocycles. The third-order valence-electron chi connectivity index (χ3n) is 3.37. The van der Waals surface area contributed by atoms with Crippen molar-refractivity contribution in [3.8, 4) is 0 Å². The number of ether oxygens (including phenoxy) is 2. The molecule has 114 valence electrons. The predicted molar refractivity (Wildman–Crippen MR) is 77.8 cm³/mol. The van der Waals surface area contributed by atoms with Crippen molar-refractivity contribution in [3.63, 3.8) is 0 Å². The zero-order chi connectivity index (χ0) is 15.2. The van der Waals surface area contributed by atoms with Gasteiger partial charge in [-0.2, -0.15) is 0 Å². The fourth-order valence-corrected chi connectivity index (χ4v) is 2.17. The van der Waals surface area contributed by atoms with Crippen molar-refractivity contribution >= 4 is 11.9 Å². The molecule has 1 fully saturated rings. The molecule has 21 heavy (non-hydrogen) atoms. The van der Waals surface area contributed by atoms with Crippen molar-refractivity contribution < 1.29 is 19.1 Å². The molecule has 0 heterocycles. The summed E-state index contributed by atoms with van der Waals surface area (Å²) in [6.45, 7) is 2.63. The van der Waals surface area contributed by atoms with Gasteiger partial charge in [0.15, 0.2) is 0 Å². The van der Waals surface area contributed by atoms with E-state index < -0.39 is 0 Å². The highest BCUT2D eigenvalue weighted by Gasteiger charge is 2.34. The van der Waals surface area contributed by atoms with Crippen LogP contribution < -0.4 is 0 Å². The monoisotopic (exact) mass is 291 g/mol. The van der Waals surface area contributed by atoms with Gasteiger partial charge in [0.05, 0.1) is 13.2 Å². The van der Waals surface area contributed by atoms with Crippen LogP contribution in [0.15, 0.2) is 24.3 Å². The first-order valence-corrected chi connectivity index (χ1v) is 7.20. The van der Waals surface area contributed by atoms with E-state index in [2.05, 4.69) is 0 Å². The van der Waals surface area contributed by atoms with Crippen LogP contribution in [0.1, 0.15) is 35.7 Å². The molecule has 0 N–H and O–H groups in total. The Morgan fingerprint density at radius 3 is 2.43 bits per heavy atom. The number of methoxy groups -OCH3 is 1. The largest absolute Gasteiger partial charge is 0.465 e. The Hall–Kier alpha value is -1.88. The summed E-state index contributed by atoms with van der Waals surface area (Å²) in [4.78, 5) is 25.8. The SMILES string of the molecule is CCOC(=O)CN(C(=O)c1ccc(COC)cc1)C1CC1. The van der Waals surface area contributed by atoms with Crippen LogP contribution in [0.2, 0.25) is 0 Å². The Morgan fingerprint density at radius 2 is 1.90 bits per heavy atom. The van der Waals surface area contributed by atoms with E-state index in [0.29, 0.717) is 18.8 Å². The van der Waals surface area contributed by atoms with Crippen LogP contribution >= 0.6 is 0 Å². The van der Waals surface area contributed by atoms with E-state index >= 15 is 0 Å².